The quantitative estimate of drug-likeness (QED) is 0.888. The highest BCUT2D eigenvalue weighted by molar-refractivity contribution is 5.74. The molecule has 2 aliphatic heterocycles. The summed E-state index contributed by atoms with van der Waals surface area (Å²) in [5, 5.41) is 2.96. The maximum absolute atomic E-state index is 12.5. The van der Waals surface area contributed by atoms with Gasteiger partial charge in [-0.25, -0.2) is 9.78 Å². The van der Waals surface area contributed by atoms with Crippen LogP contribution >= 0.6 is 0 Å². The minimum absolute atomic E-state index is 0.0257. The highest BCUT2D eigenvalue weighted by Crippen LogP contribution is 2.22. The van der Waals surface area contributed by atoms with Crippen molar-refractivity contribution in [3.63, 3.8) is 0 Å². The van der Waals surface area contributed by atoms with Gasteiger partial charge in [-0.15, -0.1) is 0 Å². The number of hydrogen-bond donors (Lipinski definition) is 1. The summed E-state index contributed by atoms with van der Waals surface area (Å²) in [6, 6.07) is 5.95. The van der Waals surface area contributed by atoms with E-state index in [1.807, 2.05) is 17.0 Å². The van der Waals surface area contributed by atoms with Crippen LogP contribution in [0, 0.1) is 5.92 Å². The number of nitrogens with one attached hydrogen (secondary N) is 1. The van der Waals surface area contributed by atoms with Crippen molar-refractivity contribution >= 4 is 6.03 Å². The summed E-state index contributed by atoms with van der Waals surface area (Å²) in [5.74, 6) is 1.03. The number of pyridine rings is 1. The van der Waals surface area contributed by atoms with Crippen molar-refractivity contribution in [1.82, 2.24) is 20.1 Å². The minimum Gasteiger partial charge on any atom is -0.481 e. The van der Waals surface area contributed by atoms with Crippen LogP contribution in [0.2, 0.25) is 0 Å². The Morgan fingerprint density at radius 2 is 2.17 bits per heavy atom. The molecule has 0 radical (unpaired) electrons. The number of carbonyl (C=O) groups is 1. The van der Waals surface area contributed by atoms with Crippen LogP contribution in [0.4, 0.5) is 4.79 Å². The van der Waals surface area contributed by atoms with Gasteiger partial charge in [0, 0.05) is 38.3 Å². The van der Waals surface area contributed by atoms with Crippen LogP contribution in [0.25, 0.3) is 0 Å². The molecular formula is C17H26N4O3. The van der Waals surface area contributed by atoms with E-state index in [1.165, 1.54) is 0 Å². The maximum atomic E-state index is 12.5. The largest absolute Gasteiger partial charge is 0.481 e. The monoisotopic (exact) mass is 334 g/mol. The zero-order valence-electron chi connectivity index (χ0n) is 14.4. The lowest BCUT2D eigenvalue weighted by Gasteiger charge is -2.33. The van der Waals surface area contributed by atoms with Gasteiger partial charge < -0.3 is 19.7 Å². The first-order chi connectivity index (χ1) is 11.7. The predicted octanol–water partition coefficient (Wildman–Crippen LogP) is 0.952. The molecular weight excluding hydrogens is 308 g/mol. The number of amides is 2. The van der Waals surface area contributed by atoms with Gasteiger partial charge in [-0.3, -0.25) is 4.90 Å². The lowest BCUT2D eigenvalue weighted by Crippen LogP contribution is -2.47. The number of aromatic nitrogens is 1. The van der Waals surface area contributed by atoms with Gasteiger partial charge in [0.1, 0.15) is 0 Å². The second kappa shape index (κ2) is 7.81. The van der Waals surface area contributed by atoms with Gasteiger partial charge in [0.15, 0.2) is 0 Å². The van der Waals surface area contributed by atoms with Crippen molar-refractivity contribution in [1.29, 1.82) is 0 Å². The topological polar surface area (TPSA) is 66.9 Å². The number of carbonyl (C=O) groups excluding carboxylic acids is 1. The molecule has 2 aliphatic rings. The van der Waals surface area contributed by atoms with Crippen LogP contribution in [0.1, 0.15) is 12.6 Å². The number of hydrogen-bond acceptors (Lipinski definition) is 5. The Morgan fingerprint density at radius 3 is 2.92 bits per heavy atom. The summed E-state index contributed by atoms with van der Waals surface area (Å²) in [6.07, 6.45) is 0. The molecule has 0 spiro atoms. The van der Waals surface area contributed by atoms with Gasteiger partial charge in [-0.2, -0.15) is 0 Å². The Morgan fingerprint density at radius 1 is 1.38 bits per heavy atom. The Labute approximate surface area is 142 Å². The molecule has 1 aromatic heterocycles. The summed E-state index contributed by atoms with van der Waals surface area (Å²) in [6.45, 7) is 7.68. The van der Waals surface area contributed by atoms with E-state index in [9.17, 15) is 4.79 Å². The molecule has 0 aliphatic carbocycles. The number of likely N-dealkylation sites (tertiary alicyclic amines) is 1. The smallest absolute Gasteiger partial charge is 0.317 e. The summed E-state index contributed by atoms with van der Waals surface area (Å²) in [4.78, 5) is 21.1. The highest BCUT2D eigenvalue weighted by Gasteiger charge is 2.36. The van der Waals surface area contributed by atoms with Crippen molar-refractivity contribution in [2.24, 2.45) is 5.92 Å². The number of ether oxygens (including phenoxy) is 2. The maximum Gasteiger partial charge on any atom is 0.317 e. The van der Waals surface area contributed by atoms with Crippen LogP contribution in [0.3, 0.4) is 0 Å². The number of methoxy groups -OCH3 is 1. The molecule has 132 valence electrons. The molecule has 3 heterocycles. The Balaban J connectivity index is 1.51. The van der Waals surface area contributed by atoms with E-state index in [2.05, 4.69) is 22.1 Å². The molecule has 1 N–H and O–H groups in total. The molecule has 0 bridgehead atoms. The molecule has 3 rings (SSSR count). The molecule has 2 atom stereocenters. The average molecular weight is 334 g/mol. The van der Waals surface area contributed by atoms with Crippen LogP contribution in [-0.2, 0) is 11.3 Å². The van der Waals surface area contributed by atoms with E-state index in [0.29, 0.717) is 24.4 Å². The fraction of sp³-hybridized carbons (Fsp3) is 0.647. The van der Waals surface area contributed by atoms with Crippen LogP contribution < -0.4 is 10.1 Å². The zero-order chi connectivity index (χ0) is 16.9. The molecule has 7 nitrogen and oxygen atoms in total. The molecule has 2 amide bonds. The second-order valence-electron chi connectivity index (χ2n) is 6.43. The molecule has 7 heteroatoms. The van der Waals surface area contributed by atoms with Crippen molar-refractivity contribution < 1.29 is 14.3 Å². The number of morpholine rings is 1. The first kappa shape index (κ1) is 17.0. The van der Waals surface area contributed by atoms with Gasteiger partial charge in [0.05, 0.1) is 32.6 Å². The van der Waals surface area contributed by atoms with Crippen LogP contribution in [-0.4, -0.2) is 73.4 Å². The summed E-state index contributed by atoms with van der Waals surface area (Å²) in [7, 11) is 1.59. The standard InChI is InChI=1S/C17H26N4O3/c1-13-11-21(12-15(13)20-6-8-24-9-7-20)17(22)18-10-14-4-3-5-16(19-14)23-2/h3-5,13,15H,6-12H2,1-2H3,(H,18,22)/t13-,15+/m1/s1. The van der Waals surface area contributed by atoms with Crippen molar-refractivity contribution in [3.8, 4) is 5.88 Å². The lowest BCUT2D eigenvalue weighted by atomic mass is 10.0. The van der Waals surface area contributed by atoms with Gasteiger partial charge >= 0.3 is 6.03 Å². The van der Waals surface area contributed by atoms with E-state index in [-0.39, 0.29) is 6.03 Å². The van der Waals surface area contributed by atoms with Gasteiger partial charge in [0.2, 0.25) is 5.88 Å². The van der Waals surface area contributed by atoms with Crippen LogP contribution in [0.5, 0.6) is 5.88 Å². The van der Waals surface area contributed by atoms with Crippen LogP contribution in [0.15, 0.2) is 18.2 Å². The molecule has 1 aromatic rings. The lowest BCUT2D eigenvalue weighted by molar-refractivity contribution is 0.0123. The van der Waals surface area contributed by atoms with Crippen molar-refractivity contribution in [3.05, 3.63) is 23.9 Å². The summed E-state index contributed by atoms with van der Waals surface area (Å²) < 4.78 is 10.5. The Hall–Kier alpha value is -1.86. The van der Waals surface area contributed by atoms with Gasteiger partial charge in [0.25, 0.3) is 0 Å². The molecule has 2 fully saturated rings. The average Bonchev–Trinajstić information content (AvgIpc) is 3.02. The second-order valence-corrected chi connectivity index (χ2v) is 6.43. The molecule has 2 saturated heterocycles. The van der Waals surface area contributed by atoms with E-state index >= 15 is 0 Å². The summed E-state index contributed by atoms with van der Waals surface area (Å²) in [5.41, 5.74) is 0.791. The Bertz CT molecular complexity index is 563. The third-order valence-corrected chi connectivity index (χ3v) is 4.79. The zero-order valence-corrected chi connectivity index (χ0v) is 14.4. The number of nitrogens with zero attached hydrogens (tertiary/aromatic N) is 3. The minimum atomic E-state index is -0.0257. The first-order valence-corrected chi connectivity index (χ1v) is 8.52. The highest BCUT2D eigenvalue weighted by atomic mass is 16.5. The normalized spacial score (nSPS) is 24.8. The number of urea groups is 1. The molecule has 0 aromatic carbocycles. The van der Waals surface area contributed by atoms with E-state index < -0.39 is 0 Å². The Kier molecular flexibility index (Phi) is 5.52. The van der Waals surface area contributed by atoms with E-state index in [4.69, 9.17) is 9.47 Å². The van der Waals surface area contributed by atoms with Gasteiger partial charge in [-0.1, -0.05) is 13.0 Å². The van der Waals surface area contributed by atoms with E-state index in [1.54, 1.807) is 13.2 Å². The molecule has 24 heavy (non-hydrogen) atoms. The fourth-order valence-electron chi connectivity index (χ4n) is 3.45. The summed E-state index contributed by atoms with van der Waals surface area (Å²) >= 11 is 0. The SMILES string of the molecule is COc1cccc(CNC(=O)N2C[C@@H](C)[C@@H](N3CCOCC3)C2)n1. The first-order valence-electron chi connectivity index (χ1n) is 8.52. The van der Waals surface area contributed by atoms with E-state index in [0.717, 1.165) is 45.1 Å². The third-order valence-electron chi connectivity index (χ3n) is 4.79. The van der Waals surface area contributed by atoms with Gasteiger partial charge in [-0.05, 0) is 12.0 Å². The molecule has 0 unspecified atom stereocenters. The van der Waals surface area contributed by atoms with Crippen molar-refractivity contribution in [2.75, 3.05) is 46.5 Å². The third kappa shape index (κ3) is 3.96. The fourth-order valence-corrected chi connectivity index (χ4v) is 3.45. The van der Waals surface area contributed by atoms with Crippen molar-refractivity contribution in [2.45, 2.75) is 19.5 Å². The molecule has 0 saturated carbocycles. The number of rotatable bonds is 4. The predicted molar refractivity (Wildman–Crippen MR) is 89.9 cm³/mol.